The van der Waals surface area contributed by atoms with E-state index in [0.29, 0.717) is 4.47 Å². The average molecular weight is 212 g/mol. The van der Waals surface area contributed by atoms with Crippen molar-refractivity contribution in [1.29, 1.82) is 0 Å². The predicted octanol–water partition coefficient (Wildman–Crippen LogP) is 2.87. The predicted molar refractivity (Wildman–Crippen MR) is 39.6 cm³/mol. The van der Waals surface area contributed by atoms with Crippen LogP contribution in [0.15, 0.2) is 4.60 Å². The molecule has 1 rings (SSSR count). The summed E-state index contributed by atoms with van der Waals surface area (Å²) in [6.07, 6.45) is 0. The second-order valence-corrected chi connectivity index (χ2v) is 3.85. The molecule has 0 unspecified atom stereocenters. The molecule has 0 bridgehead atoms. The first-order valence-electron chi connectivity index (χ1n) is 1.98. The largest absolute Gasteiger partial charge is 0.218 e. The number of halogens is 2. The van der Waals surface area contributed by atoms with Gasteiger partial charge in [0, 0.05) is 4.88 Å². The van der Waals surface area contributed by atoms with E-state index in [-0.39, 0.29) is 0 Å². The van der Waals surface area contributed by atoms with E-state index in [0.717, 1.165) is 9.48 Å². The van der Waals surface area contributed by atoms with Crippen LogP contribution >= 0.6 is 38.9 Å². The zero-order chi connectivity index (χ0) is 6.15. The molecule has 0 saturated carbocycles. The number of aryl methyl sites for hydroxylation is 1. The third-order valence-electron chi connectivity index (χ3n) is 0.714. The first-order chi connectivity index (χ1) is 3.70. The lowest BCUT2D eigenvalue weighted by Gasteiger charge is -1.74. The van der Waals surface area contributed by atoms with Gasteiger partial charge >= 0.3 is 0 Å². The van der Waals surface area contributed by atoms with E-state index < -0.39 is 0 Å². The molecule has 1 aromatic rings. The number of nitrogens with zero attached hydrogens (tertiary/aromatic N) is 1. The minimum absolute atomic E-state index is 0.592. The molecule has 0 spiro atoms. The van der Waals surface area contributed by atoms with E-state index in [2.05, 4.69) is 20.9 Å². The lowest BCUT2D eigenvalue weighted by molar-refractivity contribution is 1.32. The van der Waals surface area contributed by atoms with Crippen molar-refractivity contribution in [2.24, 2.45) is 0 Å². The van der Waals surface area contributed by atoms with Gasteiger partial charge in [0.1, 0.15) is 4.60 Å². The van der Waals surface area contributed by atoms with Gasteiger partial charge in [0.15, 0.2) is 4.47 Å². The molecule has 0 N–H and O–H groups in total. The van der Waals surface area contributed by atoms with Crippen molar-refractivity contribution < 1.29 is 0 Å². The summed E-state index contributed by atoms with van der Waals surface area (Å²) in [5.41, 5.74) is 0. The highest BCUT2D eigenvalue weighted by Crippen LogP contribution is 2.25. The van der Waals surface area contributed by atoms with Crippen LogP contribution in [0.5, 0.6) is 0 Å². The lowest BCUT2D eigenvalue weighted by Crippen LogP contribution is -1.61. The van der Waals surface area contributed by atoms with Crippen LogP contribution in [0.2, 0.25) is 4.47 Å². The maximum absolute atomic E-state index is 5.54. The molecular formula is C4H3BrClNS. The van der Waals surface area contributed by atoms with Crippen LogP contribution in [0.25, 0.3) is 0 Å². The van der Waals surface area contributed by atoms with Gasteiger partial charge in [-0.1, -0.05) is 11.6 Å². The molecule has 0 aliphatic heterocycles. The van der Waals surface area contributed by atoms with Crippen molar-refractivity contribution >= 4 is 38.9 Å². The van der Waals surface area contributed by atoms with Gasteiger partial charge in [-0.3, -0.25) is 0 Å². The highest BCUT2D eigenvalue weighted by molar-refractivity contribution is 9.10. The topological polar surface area (TPSA) is 12.9 Å². The van der Waals surface area contributed by atoms with Crippen LogP contribution in [-0.2, 0) is 0 Å². The Bertz CT molecular complexity index is 178. The molecule has 0 amide bonds. The zero-order valence-electron chi connectivity index (χ0n) is 4.11. The van der Waals surface area contributed by atoms with Gasteiger partial charge in [0.25, 0.3) is 0 Å². The minimum Gasteiger partial charge on any atom is -0.218 e. The van der Waals surface area contributed by atoms with Gasteiger partial charge in [-0.15, -0.1) is 11.3 Å². The highest BCUT2D eigenvalue weighted by Gasteiger charge is 1.99. The van der Waals surface area contributed by atoms with Crippen LogP contribution in [0.4, 0.5) is 0 Å². The van der Waals surface area contributed by atoms with Crippen molar-refractivity contribution in [3.05, 3.63) is 13.9 Å². The summed E-state index contributed by atoms with van der Waals surface area (Å²) < 4.78 is 1.45. The second kappa shape index (κ2) is 2.33. The van der Waals surface area contributed by atoms with Gasteiger partial charge in [0.2, 0.25) is 0 Å². The zero-order valence-corrected chi connectivity index (χ0v) is 7.27. The van der Waals surface area contributed by atoms with Crippen LogP contribution in [-0.4, -0.2) is 4.98 Å². The van der Waals surface area contributed by atoms with Gasteiger partial charge < -0.3 is 0 Å². The first kappa shape index (κ1) is 6.52. The van der Waals surface area contributed by atoms with Crippen molar-refractivity contribution in [2.45, 2.75) is 6.92 Å². The number of thiazole rings is 1. The number of rotatable bonds is 0. The normalized spacial score (nSPS) is 9.88. The SMILES string of the molecule is Cc1sc(Cl)nc1Br. The molecule has 1 nitrogen and oxygen atoms in total. The quantitative estimate of drug-likeness (QED) is 0.644. The van der Waals surface area contributed by atoms with Gasteiger partial charge in [-0.05, 0) is 22.9 Å². The van der Waals surface area contributed by atoms with Gasteiger partial charge in [-0.2, -0.15) is 0 Å². The summed E-state index contributed by atoms with van der Waals surface area (Å²) in [4.78, 5) is 5.03. The molecule has 0 radical (unpaired) electrons. The lowest BCUT2D eigenvalue weighted by atomic mass is 10.7. The Morgan fingerprint density at radius 1 is 1.75 bits per heavy atom. The van der Waals surface area contributed by atoms with Crippen LogP contribution in [0.3, 0.4) is 0 Å². The smallest absolute Gasteiger partial charge is 0.184 e. The molecule has 1 heterocycles. The Labute approximate surface area is 64.8 Å². The van der Waals surface area contributed by atoms with E-state index >= 15 is 0 Å². The van der Waals surface area contributed by atoms with Crippen molar-refractivity contribution in [3.63, 3.8) is 0 Å². The fourth-order valence-corrected chi connectivity index (χ4v) is 1.94. The van der Waals surface area contributed by atoms with Crippen molar-refractivity contribution in [2.75, 3.05) is 0 Å². The summed E-state index contributed by atoms with van der Waals surface area (Å²) in [6, 6.07) is 0. The molecule has 0 aliphatic rings. The Balaban J connectivity index is 3.14. The van der Waals surface area contributed by atoms with E-state index in [4.69, 9.17) is 11.6 Å². The van der Waals surface area contributed by atoms with Crippen LogP contribution in [0, 0.1) is 6.92 Å². The summed E-state index contributed by atoms with van der Waals surface area (Å²) >= 11 is 10.3. The Morgan fingerprint density at radius 3 is 2.50 bits per heavy atom. The maximum atomic E-state index is 5.54. The maximum Gasteiger partial charge on any atom is 0.184 e. The fraction of sp³-hybridized carbons (Fsp3) is 0.250. The van der Waals surface area contributed by atoms with Crippen LogP contribution < -0.4 is 0 Å². The Morgan fingerprint density at radius 2 is 2.38 bits per heavy atom. The third-order valence-corrected chi connectivity index (χ3v) is 2.82. The average Bonchev–Trinajstić information content (AvgIpc) is 1.85. The summed E-state index contributed by atoms with van der Waals surface area (Å²) in [6.45, 7) is 1.97. The molecule has 0 atom stereocenters. The van der Waals surface area contributed by atoms with E-state index in [1.165, 1.54) is 11.3 Å². The Hall–Kier alpha value is 0.400. The molecule has 8 heavy (non-hydrogen) atoms. The van der Waals surface area contributed by atoms with Crippen molar-refractivity contribution in [1.82, 2.24) is 4.98 Å². The molecule has 4 heteroatoms. The second-order valence-electron chi connectivity index (χ2n) is 1.31. The highest BCUT2D eigenvalue weighted by atomic mass is 79.9. The monoisotopic (exact) mass is 211 g/mol. The van der Waals surface area contributed by atoms with E-state index in [9.17, 15) is 0 Å². The summed E-state index contributed by atoms with van der Waals surface area (Å²) in [5.74, 6) is 0. The van der Waals surface area contributed by atoms with Crippen molar-refractivity contribution in [3.8, 4) is 0 Å². The standard InChI is InChI=1S/C4H3BrClNS/c1-2-3(5)7-4(6)8-2/h1H3. The number of hydrogen-bond donors (Lipinski definition) is 0. The summed E-state index contributed by atoms with van der Waals surface area (Å²) in [5, 5.41) is 0. The fourth-order valence-electron chi connectivity index (χ4n) is 0.347. The van der Waals surface area contributed by atoms with Crippen LogP contribution in [0.1, 0.15) is 4.88 Å². The van der Waals surface area contributed by atoms with Gasteiger partial charge in [-0.25, -0.2) is 4.98 Å². The van der Waals surface area contributed by atoms with Gasteiger partial charge in [0.05, 0.1) is 0 Å². The molecule has 0 aliphatic carbocycles. The third kappa shape index (κ3) is 1.21. The van der Waals surface area contributed by atoms with E-state index in [1.807, 2.05) is 6.92 Å². The molecule has 1 aromatic heterocycles. The molecule has 0 saturated heterocycles. The molecule has 0 aromatic carbocycles. The molecule has 0 fully saturated rings. The number of hydrogen-bond acceptors (Lipinski definition) is 2. The van der Waals surface area contributed by atoms with E-state index in [1.54, 1.807) is 0 Å². The Kier molecular flexibility index (Phi) is 1.90. The first-order valence-corrected chi connectivity index (χ1v) is 3.97. The minimum atomic E-state index is 0.592. The molecular weight excluding hydrogens is 209 g/mol. The summed E-state index contributed by atoms with van der Waals surface area (Å²) in [7, 11) is 0. The molecule has 44 valence electrons. The number of aromatic nitrogens is 1.